The summed E-state index contributed by atoms with van der Waals surface area (Å²) < 4.78 is 27.5. The molecule has 2 heterocycles. The van der Waals surface area contributed by atoms with Crippen LogP contribution in [0, 0.1) is 20.7 Å². The minimum Gasteiger partial charge on any atom is -0.311 e. The van der Waals surface area contributed by atoms with Crippen molar-refractivity contribution in [2.24, 2.45) is 0 Å². The van der Waals surface area contributed by atoms with Crippen molar-refractivity contribution >= 4 is 57.2 Å². The van der Waals surface area contributed by atoms with Crippen LogP contribution in [0.5, 0.6) is 0 Å². The van der Waals surface area contributed by atoms with Crippen molar-refractivity contribution < 1.29 is 4.11 Å². The molecule has 63 heavy (non-hydrogen) atoms. The minimum atomic E-state index is -2.34. The first-order valence-corrected chi connectivity index (χ1v) is 24.2. The Morgan fingerprint density at radius 1 is 0.492 bits per heavy atom. The summed E-state index contributed by atoms with van der Waals surface area (Å²) >= 11 is 0. The van der Waals surface area contributed by atoms with Crippen molar-refractivity contribution in [3.8, 4) is 0 Å². The maximum absolute atomic E-state index is 9.18. The molecule has 328 valence electrons. The van der Waals surface area contributed by atoms with Crippen LogP contribution in [0.1, 0.15) is 196 Å². The van der Waals surface area contributed by atoms with Crippen molar-refractivity contribution in [3.63, 3.8) is 0 Å². The first-order chi connectivity index (χ1) is 30.3. The Labute approximate surface area is 386 Å². The van der Waals surface area contributed by atoms with Gasteiger partial charge in [0.25, 0.3) is 6.71 Å². The van der Waals surface area contributed by atoms with Crippen LogP contribution in [0.3, 0.4) is 0 Å². The van der Waals surface area contributed by atoms with Gasteiger partial charge in [0, 0.05) is 38.2 Å². The lowest BCUT2D eigenvalue weighted by molar-refractivity contribution is 0.330. The first kappa shape index (κ1) is 39.2. The summed E-state index contributed by atoms with van der Waals surface area (Å²) in [6.45, 7) is 38.1. The summed E-state index contributed by atoms with van der Waals surface area (Å²) in [6, 6.07) is 26.2. The summed E-state index contributed by atoms with van der Waals surface area (Å²) in [5.74, 6) is 0. The zero-order valence-electron chi connectivity index (χ0n) is 44.9. The van der Waals surface area contributed by atoms with Gasteiger partial charge in [-0.1, -0.05) is 134 Å². The van der Waals surface area contributed by atoms with Crippen LogP contribution >= 0.6 is 0 Å². The molecule has 2 nitrogen and oxygen atoms in total. The van der Waals surface area contributed by atoms with Gasteiger partial charge in [-0.25, -0.2) is 0 Å². The van der Waals surface area contributed by atoms with E-state index in [2.05, 4.69) is 188 Å². The highest BCUT2D eigenvalue weighted by molar-refractivity contribution is 7.00. The Bertz CT molecular complexity index is 2920. The van der Waals surface area contributed by atoms with E-state index in [9.17, 15) is 4.11 Å². The van der Waals surface area contributed by atoms with E-state index in [1.807, 2.05) is 6.07 Å². The van der Waals surface area contributed by atoms with Gasteiger partial charge in [-0.15, -0.1) is 0 Å². The van der Waals surface area contributed by atoms with Crippen LogP contribution < -0.4 is 26.2 Å². The zero-order valence-corrected chi connectivity index (χ0v) is 41.9. The molecule has 5 aliphatic rings. The van der Waals surface area contributed by atoms with Gasteiger partial charge in [-0.2, -0.15) is 0 Å². The number of anilines is 6. The number of hydrogen-bond donors (Lipinski definition) is 0. The van der Waals surface area contributed by atoms with Gasteiger partial charge in [-0.3, -0.25) is 0 Å². The van der Waals surface area contributed by atoms with Crippen molar-refractivity contribution in [1.29, 1.82) is 0 Å². The Kier molecular flexibility index (Phi) is 8.07. The van der Waals surface area contributed by atoms with Crippen molar-refractivity contribution in [1.82, 2.24) is 0 Å². The number of aryl methyl sites for hydroxylation is 2. The molecule has 0 atom stereocenters. The molecule has 0 spiro atoms. The van der Waals surface area contributed by atoms with Gasteiger partial charge in [0.1, 0.15) is 0 Å². The average Bonchev–Trinajstić information content (AvgIpc) is 3.38. The maximum atomic E-state index is 9.18. The number of benzene rings is 5. The minimum absolute atomic E-state index is 0.00432. The molecule has 5 aromatic rings. The largest absolute Gasteiger partial charge is 0.311 e. The van der Waals surface area contributed by atoms with Crippen molar-refractivity contribution in [2.45, 2.75) is 195 Å². The maximum Gasteiger partial charge on any atom is 0.252 e. The Hall–Kier alpha value is -4.24. The quantitative estimate of drug-likeness (QED) is 0.160. The summed E-state index contributed by atoms with van der Waals surface area (Å²) in [4.78, 5) is 5.01. The molecule has 2 aliphatic heterocycles. The lowest BCUT2D eigenvalue weighted by Crippen LogP contribution is -2.62. The number of nitrogens with zero attached hydrogens (tertiary/aromatic N) is 2. The zero-order chi connectivity index (χ0) is 48.0. The summed E-state index contributed by atoms with van der Waals surface area (Å²) in [6.07, 6.45) is 5.58. The molecule has 0 bridgehead atoms. The third-order valence-electron chi connectivity index (χ3n) is 17.3. The number of hydrogen-bond acceptors (Lipinski definition) is 2. The molecule has 3 aliphatic carbocycles. The molecule has 0 amide bonds. The fourth-order valence-electron chi connectivity index (χ4n) is 13.7. The molecule has 0 fully saturated rings. The number of fused-ring (bicyclic) bond motifs is 7. The summed E-state index contributed by atoms with van der Waals surface area (Å²) in [7, 11) is 0. The van der Waals surface area contributed by atoms with Crippen LogP contribution in [0.2, 0.25) is 0 Å². The van der Waals surface area contributed by atoms with Crippen molar-refractivity contribution in [3.05, 3.63) is 122 Å². The predicted octanol–water partition coefficient (Wildman–Crippen LogP) is 14.6. The molecule has 3 heteroatoms. The van der Waals surface area contributed by atoms with E-state index in [1.54, 1.807) is 0 Å². The van der Waals surface area contributed by atoms with Gasteiger partial charge in [0.15, 0.2) is 0 Å². The van der Waals surface area contributed by atoms with Crippen LogP contribution in [0.25, 0.3) is 0 Å². The summed E-state index contributed by atoms with van der Waals surface area (Å²) in [5.41, 5.74) is 23.1. The molecule has 0 saturated heterocycles. The molecule has 0 radical (unpaired) electrons. The van der Waals surface area contributed by atoms with E-state index in [-0.39, 0.29) is 44.6 Å². The normalized spacial score (nSPS) is 22.1. The molecule has 0 unspecified atom stereocenters. The highest BCUT2D eigenvalue weighted by Crippen LogP contribution is 2.56. The van der Waals surface area contributed by atoms with Gasteiger partial charge in [-0.05, 0) is 199 Å². The van der Waals surface area contributed by atoms with E-state index in [4.69, 9.17) is 0 Å². The molecule has 0 aromatic heterocycles. The molecule has 0 N–H and O–H groups in total. The topological polar surface area (TPSA) is 6.48 Å². The lowest BCUT2D eigenvalue weighted by Gasteiger charge is -2.48. The molecule has 5 aromatic carbocycles. The van der Waals surface area contributed by atoms with E-state index in [0.29, 0.717) is 5.56 Å². The predicted molar refractivity (Wildman–Crippen MR) is 275 cm³/mol. The Balaban J connectivity index is 1.38. The standard InChI is InChI=1S/C60H75BN2/c1-35-27-50-53-51(28-35)63(48-32-43-40(29-36(48)2)59(15,16)34-60(43,17)18)49-33-42-41(56(9,10)23-24-57(42,11)12)31-45(49)61(53)44-30-38(54(4,5)6)19-21-47(44)62(50)46-22-20-39-52(37(46)3)58(13,14)26-25-55(39,7)8/h19-22,27-33H,23-26,34H2,1-18H3/i1D3. The molecular weight excluding hydrogens is 759 g/mol. The fraction of sp³-hybridized carbons (Fsp3) is 0.500. The number of rotatable bonds is 2. The summed E-state index contributed by atoms with van der Waals surface area (Å²) in [5, 5.41) is 0. The molecular formula is C60H75BN2. The second-order valence-corrected chi connectivity index (χ2v) is 25.8. The third kappa shape index (κ3) is 6.09. The van der Waals surface area contributed by atoms with E-state index in [1.165, 1.54) is 72.1 Å². The van der Waals surface area contributed by atoms with Crippen LogP contribution in [0.4, 0.5) is 34.1 Å². The molecule has 10 rings (SSSR count). The Morgan fingerprint density at radius 3 is 1.59 bits per heavy atom. The van der Waals surface area contributed by atoms with Crippen LogP contribution in [-0.2, 0) is 37.9 Å². The van der Waals surface area contributed by atoms with Gasteiger partial charge in [0.05, 0.1) is 0 Å². The fourth-order valence-corrected chi connectivity index (χ4v) is 13.7. The highest BCUT2D eigenvalue weighted by atomic mass is 15.2. The smallest absolute Gasteiger partial charge is 0.252 e. The second kappa shape index (κ2) is 13.0. The van der Waals surface area contributed by atoms with E-state index < -0.39 is 6.85 Å². The molecule has 0 saturated carbocycles. The van der Waals surface area contributed by atoms with Crippen LogP contribution in [-0.4, -0.2) is 6.71 Å². The highest BCUT2D eigenvalue weighted by Gasteiger charge is 2.49. The van der Waals surface area contributed by atoms with Gasteiger partial charge in [0.2, 0.25) is 0 Å². The van der Waals surface area contributed by atoms with Gasteiger partial charge < -0.3 is 9.80 Å². The van der Waals surface area contributed by atoms with Crippen molar-refractivity contribution in [2.75, 3.05) is 9.80 Å². The van der Waals surface area contributed by atoms with E-state index in [0.717, 1.165) is 60.5 Å². The SMILES string of the molecule is [2H]C([2H])([2H])c1cc2c3c(c1)N(c1ccc4c(c1C)C(C)(C)CCC4(C)C)c1ccc(C(C)(C)C)cc1B3c1cc3c(cc1N2c1cc2c(cc1C)C(C)(C)CC2(C)C)C(C)(C)CCC3(C)C. The average molecular weight is 838 g/mol. The monoisotopic (exact) mass is 838 g/mol. The first-order valence-electron chi connectivity index (χ1n) is 25.7. The third-order valence-corrected chi connectivity index (χ3v) is 17.3. The van der Waals surface area contributed by atoms with Crippen LogP contribution in [0.15, 0.2) is 66.7 Å². The van der Waals surface area contributed by atoms with Gasteiger partial charge >= 0.3 is 0 Å². The van der Waals surface area contributed by atoms with E-state index >= 15 is 0 Å². The lowest BCUT2D eigenvalue weighted by atomic mass is 9.33. The second-order valence-electron chi connectivity index (χ2n) is 25.8. The Morgan fingerprint density at radius 2 is 0.984 bits per heavy atom.